The van der Waals surface area contributed by atoms with Crippen LogP contribution in [-0.4, -0.2) is 50.4 Å². The van der Waals surface area contributed by atoms with E-state index in [0.29, 0.717) is 12.5 Å². The lowest BCUT2D eigenvalue weighted by Gasteiger charge is -2.33. The van der Waals surface area contributed by atoms with E-state index in [1.54, 1.807) is 7.11 Å². The number of hydrogen-bond acceptors (Lipinski definition) is 5. The molecule has 2 heterocycles. The zero-order valence-electron chi connectivity index (χ0n) is 21.0. The summed E-state index contributed by atoms with van der Waals surface area (Å²) >= 11 is 6.63. The molecule has 0 radical (unpaired) electrons. The van der Waals surface area contributed by atoms with Crippen LogP contribution in [0.2, 0.25) is 5.02 Å². The molecule has 2 N–H and O–H groups in total. The number of nitrogens with one attached hydrogen (secondary N) is 2. The topological polar surface area (TPSA) is 62.8 Å². The number of amides is 1. The summed E-state index contributed by atoms with van der Waals surface area (Å²) in [6.45, 7) is 9.05. The van der Waals surface area contributed by atoms with Gasteiger partial charge < -0.3 is 20.1 Å². The van der Waals surface area contributed by atoms with Gasteiger partial charge in [0, 0.05) is 25.7 Å². The highest BCUT2D eigenvalue weighted by Crippen LogP contribution is 2.44. The largest absolute Gasteiger partial charge is 0.495 e. The molecule has 1 aromatic carbocycles. The molecule has 34 heavy (non-hydrogen) atoms. The molecule has 6 nitrogen and oxygen atoms in total. The van der Waals surface area contributed by atoms with E-state index in [1.807, 2.05) is 27.0 Å². The van der Waals surface area contributed by atoms with Crippen molar-refractivity contribution in [2.45, 2.75) is 70.9 Å². The number of carbonyl (C=O) groups is 1. The number of dihydropyridines is 1. The molecular weight excluding hydrogens is 450 g/mol. The van der Waals surface area contributed by atoms with Crippen LogP contribution in [0.25, 0.3) is 0 Å². The lowest BCUT2D eigenvalue weighted by Crippen LogP contribution is -2.45. The van der Waals surface area contributed by atoms with E-state index in [0.717, 1.165) is 43.2 Å². The molecule has 1 saturated carbocycles. The first-order chi connectivity index (χ1) is 16.6. The monoisotopic (exact) mass is 489 g/mol. The van der Waals surface area contributed by atoms with Crippen LogP contribution < -0.4 is 15.4 Å². The van der Waals surface area contributed by atoms with Crippen molar-refractivity contribution in [2.24, 2.45) is 0 Å². The molecular formula is C27H40ClN3O3. The van der Waals surface area contributed by atoms with Crippen LogP contribution in [0.1, 0.15) is 76.0 Å². The lowest BCUT2D eigenvalue weighted by molar-refractivity contribution is 0.138. The van der Waals surface area contributed by atoms with Crippen molar-refractivity contribution in [3.05, 3.63) is 52.2 Å². The first-order valence-corrected chi connectivity index (χ1v) is 13.1. The Morgan fingerprint density at radius 1 is 1.21 bits per heavy atom. The van der Waals surface area contributed by atoms with Crippen molar-refractivity contribution < 1.29 is 14.3 Å². The van der Waals surface area contributed by atoms with Crippen LogP contribution in [0, 0.1) is 0 Å². The summed E-state index contributed by atoms with van der Waals surface area (Å²) in [5.41, 5.74) is 3.70. The van der Waals surface area contributed by atoms with Gasteiger partial charge in [-0.1, -0.05) is 44.0 Å². The van der Waals surface area contributed by atoms with Crippen molar-refractivity contribution in [2.75, 3.05) is 33.4 Å². The molecule has 1 aliphatic carbocycles. The number of alkyl carbamates (subject to hydrolysis) is 1. The van der Waals surface area contributed by atoms with Crippen LogP contribution >= 0.6 is 11.6 Å². The maximum atomic E-state index is 11.6. The zero-order chi connectivity index (χ0) is 24.5. The molecule has 2 fully saturated rings. The molecule has 4 rings (SSSR count). The molecule has 0 spiro atoms. The smallest absolute Gasteiger partial charge is 0.407 e. The highest BCUT2D eigenvalue weighted by atomic mass is 35.5. The first kappa shape index (κ1) is 26.4. The van der Waals surface area contributed by atoms with E-state index in [1.165, 1.54) is 36.0 Å². The van der Waals surface area contributed by atoms with Crippen LogP contribution in [0.5, 0.6) is 5.75 Å². The predicted octanol–water partition coefficient (Wildman–Crippen LogP) is 5.94. The van der Waals surface area contributed by atoms with Crippen LogP contribution in [0.3, 0.4) is 0 Å². The summed E-state index contributed by atoms with van der Waals surface area (Å²) in [6.07, 6.45) is 11.7. The second-order valence-corrected chi connectivity index (χ2v) is 9.27. The molecule has 1 unspecified atom stereocenters. The number of methoxy groups -OCH3 is 1. The normalized spacial score (nSPS) is 20.9. The van der Waals surface area contributed by atoms with Crippen LogP contribution in [-0.2, 0) is 4.74 Å². The fourth-order valence-electron chi connectivity index (χ4n) is 4.69. The number of hydrogen-bond donors (Lipinski definition) is 2. The van der Waals surface area contributed by atoms with Gasteiger partial charge in [0.25, 0.3) is 0 Å². The number of rotatable bonds is 7. The molecule has 1 amide bonds. The molecule has 1 aromatic rings. The number of nitrogens with zero attached hydrogens (tertiary/aromatic N) is 1. The molecule has 0 bridgehead atoms. The number of benzene rings is 1. The Labute approximate surface area is 209 Å². The van der Waals surface area contributed by atoms with Crippen molar-refractivity contribution in [1.82, 2.24) is 15.5 Å². The fraction of sp³-hybridized carbons (Fsp3) is 0.593. The van der Waals surface area contributed by atoms with E-state index in [4.69, 9.17) is 21.1 Å². The third kappa shape index (κ3) is 6.70. The predicted molar refractivity (Wildman–Crippen MR) is 139 cm³/mol. The van der Waals surface area contributed by atoms with Gasteiger partial charge >= 0.3 is 6.09 Å². The number of piperidine rings is 1. The minimum atomic E-state index is -0.308. The Hall–Kier alpha value is -2.18. The van der Waals surface area contributed by atoms with Crippen molar-refractivity contribution in [3.8, 4) is 5.75 Å². The van der Waals surface area contributed by atoms with Gasteiger partial charge in [0.15, 0.2) is 0 Å². The van der Waals surface area contributed by atoms with Gasteiger partial charge in [0.1, 0.15) is 5.75 Å². The summed E-state index contributed by atoms with van der Waals surface area (Å²) in [5.74, 6) is 1.30. The van der Waals surface area contributed by atoms with Gasteiger partial charge in [-0.25, -0.2) is 4.79 Å². The zero-order valence-corrected chi connectivity index (χ0v) is 21.8. The van der Waals surface area contributed by atoms with E-state index in [-0.39, 0.29) is 18.2 Å². The third-order valence-corrected chi connectivity index (χ3v) is 7.16. The summed E-state index contributed by atoms with van der Waals surface area (Å²) in [7, 11) is 1.69. The maximum absolute atomic E-state index is 11.6. The molecule has 3 aliphatic rings. The second-order valence-electron chi connectivity index (χ2n) is 8.89. The Morgan fingerprint density at radius 3 is 2.56 bits per heavy atom. The Kier molecular flexibility index (Phi) is 10.1. The lowest BCUT2D eigenvalue weighted by atomic mass is 9.79. The van der Waals surface area contributed by atoms with E-state index >= 15 is 0 Å². The minimum Gasteiger partial charge on any atom is -0.495 e. The van der Waals surface area contributed by atoms with E-state index < -0.39 is 0 Å². The average molecular weight is 490 g/mol. The summed E-state index contributed by atoms with van der Waals surface area (Å²) in [5, 5.41) is 7.20. The van der Waals surface area contributed by atoms with Crippen molar-refractivity contribution >= 4 is 17.7 Å². The number of likely N-dealkylation sites (tertiary alicyclic amines) is 1. The van der Waals surface area contributed by atoms with Gasteiger partial charge in [0.2, 0.25) is 0 Å². The molecule has 7 heteroatoms. The molecule has 2 aliphatic heterocycles. The van der Waals surface area contributed by atoms with Crippen molar-refractivity contribution in [1.29, 1.82) is 0 Å². The van der Waals surface area contributed by atoms with Gasteiger partial charge in [-0.05, 0) is 73.6 Å². The second kappa shape index (κ2) is 13.1. The fourth-order valence-corrected chi connectivity index (χ4v) is 5.03. The molecule has 1 atom stereocenters. The number of ether oxygens (including phenoxy) is 2. The molecule has 188 valence electrons. The van der Waals surface area contributed by atoms with E-state index in [9.17, 15) is 4.79 Å². The van der Waals surface area contributed by atoms with Gasteiger partial charge in [-0.2, -0.15) is 0 Å². The minimum absolute atomic E-state index is 0.100. The van der Waals surface area contributed by atoms with Gasteiger partial charge in [-0.15, -0.1) is 0 Å². The Balaban J connectivity index is 0.00000158. The Bertz CT molecular complexity index is 874. The SMILES string of the molecule is CC.CCOC(=O)NC1CCN(CC2=CC(c3cc(OC)c(Cl)c(C4CCC4)c3)NC=C2)CC1. The number of carbonyl (C=O) groups excluding carboxylic acids is 1. The Morgan fingerprint density at radius 2 is 1.94 bits per heavy atom. The van der Waals surface area contributed by atoms with Crippen LogP contribution in [0.4, 0.5) is 4.79 Å². The highest BCUT2D eigenvalue weighted by molar-refractivity contribution is 6.33. The third-order valence-electron chi connectivity index (χ3n) is 6.76. The first-order valence-electron chi connectivity index (χ1n) is 12.7. The summed E-state index contributed by atoms with van der Waals surface area (Å²) < 4.78 is 10.6. The van der Waals surface area contributed by atoms with Gasteiger partial charge in [-0.3, -0.25) is 4.90 Å². The standard InChI is InChI=1S/C25H34ClN3O3.C2H6/c1-3-32-25(30)28-20-8-11-29(12-9-20)16-17-7-10-27-22(13-17)19-14-21(18-5-4-6-18)24(26)23(15-19)31-2;1-2/h7,10,13-15,18,20,22,27H,3-6,8-9,11-12,16H2,1-2H3,(H,28,30);1-2H3. The number of halogens is 1. The summed E-state index contributed by atoms with van der Waals surface area (Å²) in [6, 6.07) is 4.61. The van der Waals surface area contributed by atoms with Crippen LogP contribution in [0.15, 0.2) is 36.1 Å². The molecule has 1 saturated heterocycles. The highest BCUT2D eigenvalue weighted by Gasteiger charge is 2.26. The summed E-state index contributed by atoms with van der Waals surface area (Å²) in [4.78, 5) is 14.1. The van der Waals surface area contributed by atoms with Gasteiger partial charge in [0.05, 0.1) is 24.8 Å². The maximum Gasteiger partial charge on any atom is 0.407 e. The average Bonchev–Trinajstić information content (AvgIpc) is 2.82. The van der Waals surface area contributed by atoms with E-state index in [2.05, 4.69) is 39.8 Å². The molecule has 0 aromatic heterocycles. The van der Waals surface area contributed by atoms with Crippen molar-refractivity contribution in [3.63, 3.8) is 0 Å². The quantitative estimate of drug-likeness (QED) is 0.496.